The van der Waals surface area contributed by atoms with Crippen molar-refractivity contribution in [3.63, 3.8) is 0 Å². The standard InChI is InChI=1S/C31H36ClN3O4S/c1-22-12-14-25(15-13-22)20-34(24(3)31(37)33-27-9-5-6-10-27)30(36)21-35(29-11-7-4-8-23(29)2)40(38,39)28-18-16-26(32)17-19-28/h4,7-8,11-19,24,27H,5-6,9-10,20-21H2,1-3H3,(H,33,37)/t24-/m0/s1. The van der Waals surface area contributed by atoms with Crippen molar-refractivity contribution in [2.75, 3.05) is 10.8 Å². The van der Waals surface area contributed by atoms with Gasteiger partial charge < -0.3 is 10.2 Å². The fourth-order valence-electron chi connectivity index (χ4n) is 4.96. The van der Waals surface area contributed by atoms with E-state index in [1.54, 1.807) is 32.0 Å². The molecule has 4 rings (SSSR count). The van der Waals surface area contributed by atoms with Crippen LogP contribution in [0.15, 0.2) is 77.7 Å². The number of amides is 2. The molecular formula is C31H36ClN3O4S. The number of aryl methyl sites for hydroxylation is 2. The lowest BCUT2D eigenvalue weighted by Crippen LogP contribution is -2.52. The van der Waals surface area contributed by atoms with Crippen LogP contribution in [0.25, 0.3) is 0 Å². The number of rotatable bonds is 10. The Morgan fingerprint density at radius 2 is 1.57 bits per heavy atom. The van der Waals surface area contributed by atoms with Crippen molar-refractivity contribution >= 4 is 39.1 Å². The van der Waals surface area contributed by atoms with E-state index in [0.29, 0.717) is 16.3 Å². The van der Waals surface area contributed by atoms with Crippen molar-refractivity contribution in [2.24, 2.45) is 0 Å². The van der Waals surface area contributed by atoms with Crippen molar-refractivity contribution in [1.29, 1.82) is 0 Å². The highest BCUT2D eigenvalue weighted by Gasteiger charge is 2.33. The molecule has 0 spiro atoms. The molecule has 1 aliphatic rings. The largest absolute Gasteiger partial charge is 0.352 e. The van der Waals surface area contributed by atoms with E-state index in [9.17, 15) is 18.0 Å². The van der Waals surface area contributed by atoms with E-state index in [0.717, 1.165) is 41.1 Å². The first-order valence-corrected chi connectivity index (χ1v) is 15.4. The lowest BCUT2D eigenvalue weighted by atomic mass is 10.1. The zero-order valence-electron chi connectivity index (χ0n) is 23.1. The predicted octanol–water partition coefficient (Wildman–Crippen LogP) is 5.63. The molecule has 9 heteroatoms. The number of hydrogen-bond donors (Lipinski definition) is 1. The van der Waals surface area contributed by atoms with Crippen LogP contribution in [0.4, 0.5) is 5.69 Å². The molecular weight excluding hydrogens is 546 g/mol. The second-order valence-electron chi connectivity index (χ2n) is 10.4. The second kappa shape index (κ2) is 12.9. The number of hydrogen-bond acceptors (Lipinski definition) is 4. The first kappa shape index (κ1) is 29.6. The quantitative estimate of drug-likeness (QED) is 0.336. The van der Waals surface area contributed by atoms with E-state index in [1.165, 1.54) is 29.2 Å². The number of benzene rings is 3. The van der Waals surface area contributed by atoms with Gasteiger partial charge in [0.05, 0.1) is 10.6 Å². The fourth-order valence-corrected chi connectivity index (χ4v) is 6.56. The molecule has 1 fully saturated rings. The molecule has 0 unspecified atom stereocenters. The Hall–Kier alpha value is -3.36. The van der Waals surface area contributed by atoms with Crippen molar-refractivity contribution in [3.05, 3.63) is 94.5 Å². The smallest absolute Gasteiger partial charge is 0.264 e. The molecule has 2 amide bonds. The lowest BCUT2D eigenvalue weighted by Gasteiger charge is -2.33. The van der Waals surface area contributed by atoms with Gasteiger partial charge in [-0.15, -0.1) is 0 Å². The topological polar surface area (TPSA) is 86.8 Å². The third-order valence-electron chi connectivity index (χ3n) is 7.41. The van der Waals surface area contributed by atoms with Gasteiger partial charge in [0.2, 0.25) is 11.8 Å². The summed E-state index contributed by atoms with van der Waals surface area (Å²) < 4.78 is 29.0. The molecule has 0 bridgehead atoms. The third-order valence-corrected chi connectivity index (χ3v) is 9.43. The van der Waals surface area contributed by atoms with E-state index in [2.05, 4.69) is 5.32 Å². The zero-order chi connectivity index (χ0) is 28.9. The molecule has 212 valence electrons. The van der Waals surface area contributed by atoms with E-state index in [-0.39, 0.29) is 23.4 Å². The van der Waals surface area contributed by atoms with Gasteiger partial charge in [-0.3, -0.25) is 13.9 Å². The molecule has 3 aromatic rings. The predicted molar refractivity (Wildman–Crippen MR) is 159 cm³/mol. The molecule has 40 heavy (non-hydrogen) atoms. The zero-order valence-corrected chi connectivity index (χ0v) is 24.7. The molecule has 3 aromatic carbocycles. The van der Waals surface area contributed by atoms with Gasteiger partial charge in [-0.2, -0.15) is 0 Å². The van der Waals surface area contributed by atoms with E-state index in [1.807, 2.05) is 37.3 Å². The molecule has 7 nitrogen and oxygen atoms in total. The van der Waals surface area contributed by atoms with Gasteiger partial charge in [-0.25, -0.2) is 8.42 Å². The van der Waals surface area contributed by atoms with Gasteiger partial charge >= 0.3 is 0 Å². The summed E-state index contributed by atoms with van der Waals surface area (Å²) in [4.78, 5) is 28.8. The number of nitrogens with zero attached hydrogens (tertiary/aromatic N) is 2. The van der Waals surface area contributed by atoms with Crippen LogP contribution in [-0.4, -0.2) is 43.8 Å². The van der Waals surface area contributed by atoms with E-state index < -0.39 is 28.5 Å². The maximum absolute atomic E-state index is 14.0. The summed E-state index contributed by atoms with van der Waals surface area (Å²) in [6.07, 6.45) is 3.98. The molecule has 0 radical (unpaired) electrons. The van der Waals surface area contributed by atoms with E-state index in [4.69, 9.17) is 11.6 Å². The number of nitrogens with one attached hydrogen (secondary N) is 1. The second-order valence-corrected chi connectivity index (χ2v) is 12.7. The number of anilines is 1. The molecule has 1 saturated carbocycles. The Kier molecular flexibility index (Phi) is 9.53. The van der Waals surface area contributed by atoms with Gasteiger partial charge in [0, 0.05) is 17.6 Å². The van der Waals surface area contributed by atoms with Crippen LogP contribution < -0.4 is 9.62 Å². The summed E-state index contributed by atoms with van der Waals surface area (Å²) in [5.41, 5.74) is 3.02. The Morgan fingerprint density at radius 3 is 2.20 bits per heavy atom. The minimum absolute atomic E-state index is 0.0186. The summed E-state index contributed by atoms with van der Waals surface area (Å²) in [5, 5.41) is 3.49. The van der Waals surface area contributed by atoms with Crippen LogP contribution in [0.1, 0.15) is 49.3 Å². The maximum Gasteiger partial charge on any atom is 0.264 e. The number of halogens is 1. The fraction of sp³-hybridized carbons (Fsp3) is 0.355. The highest BCUT2D eigenvalue weighted by Crippen LogP contribution is 2.28. The summed E-state index contributed by atoms with van der Waals surface area (Å²) in [6.45, 7) is 5.17. The highest BCUT2D eigenvalue weighted by molar-refractivity contribution is 7.92. The molecule has 1 aliphatic carbocycles. The monoisotopic (exact) mass is 581 g/mol. The van der Waals surface area contributed by atoms with Gasteiger partial charge in [-0.1, -0.05) is 72.5 Å². The van der Waals surface area contributed by atoms with Crippen LogP contribution >= 0.6 is 11.6 Å². The van der Waals surface area contributed by atoms with Crippen LogP contribution in [0.3, 0.4) is 0 Å². The Labute approximate surface area is 242 Å². The Balaban J connectivity index is 1.69. The van der Waals surface area contributed by atoms with E-state index >= 15 is 0 Å². The summed E-state index contributed by atoms with van der Waals surface area (Å²) >= 11 is 6.01. The third kappa shape index (κ3) is 7.04. The Morgan fingerprint density at radius 1 is 0.950 bits per heavy atom. The highest BCUT2D eigenvalue weighted by atomic mass is 35.5. The minimum Gasteiger partial charge on any atom is -0.352 e. The molecule has 1 atom stereocenters. The number of carbonyl (C=O) groups is 2. The number of carbonyl (C=O) groups excluding carboxylic acids is 2. The molecule has 0 saturated heterocycles. The van der Waals surface area contributed by atoms with Crippen LogP contribution in [-0.2, 0) is 26.2 Å². The van der Waals surface area contributed by atoms with Crippen molar-refractivity contribution in [1.82, 2.24) is 10.2 Å². The van der Waals surface area contributed by atoms with Crippen molar-refractivity contribution in [2.45, 2.75) is 70.0 Å². The number of para-hydroxylation sites is 1. The lowest BCUT2D eigenvalue weighted by molar-refractivity contribution is -0.139. The average Bonchev–Trinajstić information content (AvgIpc) is 3.44. The average molecular weight is 582 g/mol. The first-order chi connectivity index (χ1) is 19.1. The molecule has 0 aliphatic heterocycles. The Bertz CT molecular complexity index is 1440. The molecule has 0 aromatic heterocycles. The first-order valence-electron chi connectivity index (χ1n) is 13.6. The van der Waals surface area contributed by atoms with Crippen molar-refractivity contribution in [3.8, 4) is 0 Å². The van der Waals surface area contributed by atoms with Gasteiger partial charge in [0.25, 0.3) is 10.0 Å². The van der Waals surface area contributed by atoms with Crippen LogP contribution in [0.2, 0.25) is 5.02 Å². The van der Waals surface area contributed by atoms with Gasteiger partial charge in [-0.05, 0) is 75.1 Å². The molecule has 0 heterocycles. The SMILES string of the molecule is Cc1ccc(CN(C(=O)CN(c2ccccc2C)S(=O)(=O)c2ccc(Cl)cc2)[C@@H](C)C(=O)NC2CCCC2)cc1. The summed E-state index contributed by atoms with van der Waals surface area (Å²) in [7, 11) is -4.14. The minimum atomic E-state index is -4.14. The summed E-state index contributed by atoms with van der Waals surface area (Å²) in [6, 6.07) is 19.9. The molecule has 1 N–H and O–H groups in total. The summed E-state index contributed by atoms with van der Waals surface area (Å²) in [5.74, 6) is -0.717. The number of sulfonamides is 1. The van der Waals surface area contributed by atoms with Crippen molar-refractivity contribution < 1.29 is 18.0 Å². The maximum atomic E-state index is 14.0. The van der Waals surface area contributed by atoms with Crippen LogP contribution in [0.5, 0.6) is 0 Å². The van der Waals surface area contributed by atoms with Gasteiger partial charge in [0.15, 0.2) is 0 Å². The van der Waals surface area contributed by atoms with Gasteiger partial charge in [0.1, 0.15) is 12.6 Å². The normalized spacial score (nSPS) is 14.5. The van der Waals surface area contributed by atoms with Crippen LogP contribution in [0, 0.1) is 13.8 Å².